The Labute approximate surface area is 168 Å². The number of thiophene rings is 1. The Balaban J connectivity index is 0.00000210. The summed E-state index contributed by atoms with van der Waals surface area (Å²) in [5, 5.41) is 9.55. The second kappa shape index (κ2) is 8.65. The maximum atomic E-state index is 12.7. The largest absolute Gasteiger partial charge is 0.347 e. The van der Waals surface area contributed by atoms with Gasteiger partial charge in [0.25, 0.3) is 5.91 Å². The average molecular weight is 404 g/mol. The highest BCUT2D eigenvalue weighted by atomic mass is 35.5. The van der Waals surface area contributed by atoms with Crippen molar-refractivity contribution in [2.24, 2.45) is 5.73 Å². The third-order valence-electron chi connectivity index (χ3n) is 4.66. The van der Waals surface area contributed by atoms with E-state index in [-0.39, 0.29) is 36.2 Å². The molecule has 1 aliphatic rings. The zero-order valence-corrected chi connectivity index (χ0v) is 16.4. The molecule has 0 radical (unpaired) electrons. The van der Waals surface area contributed by atoms with Gasteiger partial charge < -0.3 is 11.1 Å². The number of amides is 1. The molecule has 1 aliphatic carbocycles. The van der Waals surface area contributed by atoms with Gasteiger partial charge in [-0.25, -0.2) is 9.67 Å². The smallest absolute Gasteiger partial charge is 0.291 e. The lowest BCUT2D eigenvalue weighted by atomic mass is 9.92. The van der Waals surface area contributed by atoms with Crippen LogP contribution in [0.5, 0.6) is 0 Å². The minimum atomic E-state index is -0.224. The maximum Gasteiger partial charge on any atom is 0.291 e. The van der Waals surface area contributed by atoms with Crippen molar-refractivity contribution in [1.82, 2.24) is 20.1 Å². The summed E-state index contributed by atoms with van der Waals surface area (Å²) < 4.78 is 1.73. The molecule has 8 heteroatoms. The molecule has 0 atom stereocenters. The van der Waals surface area contributed by atoms with Gasteiger partial charge in [-0.3, -0.25) is 4.79 Å². The Kier molecular flexibility index (Phi) is 6.26. The summed E-state index contributed by atoms with van der Waals surface area (Å²) in [5.41, 5.74) is 6.82. The zero-order chi connectivity index (χ0) is 17.9. The molecule has 0 bridgehead atoms. The normalized spacial score (nSPS) is 19.3. The van der Waals surface area contributed by atoms with Crippen molar-refractivity contribution in [3.63, 3.8) is 0 Å². The summed E-state index contributed by atoms with van der Waals surface area (Å²) in [7, 11) is 0. The Hall–Kier alpha value is -2.22. The first-order valence-electron chi connectivity index (χ1n) is 8.83. The monoisotopic (exact) mass is 403 g/mol. The SMILES string of the molecule is Cl.NC1CCC(NC(=O)c2nc(-c3cccs3)n(-c3ccccc3)n2)CC1. The van der Waals surface area contributed by atoms with Crippen LogP contribution in [-0.4, -0.2) is 32.8 Å². The first-order valence-corrected chi connectivity index (χ1v) is 9.71. The summed E-state index contributed by atoms with van der Waals surface area (Å²) in [5.74, 6) is 0.659. The third kappa shape index (κ3) is 4.37. The molecule has 3 N–H and O–H groups in total. The van der Waals surface area contributed by atoms with Crippen LogP contribution in [0.25, 0.3) is 16.4 Å². The predicted molar refractivity (Wildman–Crippen MR) is 110 cm³/mol. The molecule has 142 valence electrons. The molecule has 1 amide bonds. The number of rotatable bonds is 4. The van der Waals surface area contributed by atoms with Crippen molar-refractivity contribution in [1.29, 1.82) is 0 Å². The number of benzene rings is 1. The van der Waals surface area contributed by atoms with E-state index in [2.05, 4.69) is 15.4 Å². The lowest BCUT2D eigenvalue weighted by Gasteiger charge is -2.26. The van der Waals surface area contributed by atoms with Crippen molar-refractivity contribution in [2.45, 2.75) is 37.8 Å². The van der Waals surface area contributed by atoms with Gasteiger partial charge in [0.15, 0.2) is 5.82 Å². The first kappa shape index (κ1) is 19.5. The average Bonchev–Trinajstić information content (AvgIpc) is 3.34. The van der Waals surface area contributed by atoms with Gasteiger partial charge in [-0.05, 0) is 49.3 Å². The number of carbonyl (C=O) groups excluding carboxylic acids is 1. The second-order valence-corrected chi connectivity index (χ2v) is 7.52. The molecule has 0 spiro atoms. The van der Waals surface area contributed by atoms with Crippen molar-refractivity contribution in [2.75, 3.05) is 0 Å². The molecule has 2 aromatic heterocycles. The quantitative estimate of drug-likeness (QED) is 0.698. The lowest BCUT2D eigenvalue weighted by Crippen LogP contribution is -2.40. The van der Waals surface area contributed by atoms with Crippen LogP contribution in [0, 0.1) is 0 Å². The van der Waals surface area contributed by atoms with Gasteiger partial charge in [0.05, 0.1) is 10.6 Å². The minimum absolute atomic E-state index is 0. The lowest BCUT2D eigenvalue weighted by molar-refractivity contribution is 0.0915. The molecule has 1 fully saturated rings. The van der Waals surface area contributed by atoms with Crippen molar-refractivity contribution in [3.8, 4) is 16.4 Å². The number of carbonyl (C=O) groups is 1. The van der Waals surface area contributed by atoms with E-state index >= 15 is 0 Å². The van der Waals surface area contributed by atoms with Crippen molar-refractivity contribution >= 4 is 29.7 Å². The molecule has 3 aromatic rings. The Morgan fingerprint density at radius 2 is 1.85 bits per heavy atom. The van der Waals surface area contributed by atoms with Crippen LogP contribution < -0.4 is 11.1 Å². The van der Waals surface area contributed by atoms with Crippen LogP contribution in [-0.2, 0) is 0 Å². The van der Waals surface area contributed by atoms with Gasteiger partial charge in [0.1, 0.15) is 0 Å². The maximum absolute atomic E-state index is 12.7. The van der Waals surface area contributed by atoms with Gasteiger partial charge in [-0.1, -0.05) is 24.3 Å². The number of nitrogens with two attached hydrogens (primary N) is 1. The van der Waals surface area contributed by atoms with E-state index in [0.29, 0.717) is 5.82 Å². The molecule has 1 aromatic carbocycles. The van der Waals surface area contributed by atoms with Gasteiger partial charge >= 0.3 is 0 Å². The topological polar surface area (TPSA) is 85.8 Å². The Morgan fingerprint density at radius 1 is 1.11 bits per heavy atom. The molecule has 0 aliphatic heterocycles. The van der Waals surface area contributed by atoms with E-state index in [1.165, 1.54) is 0 Å². The standard InChI is InChI=1S/C19H21N5OS.ClH/c20-13-8-10-14(11-9-13)21-19(25)17-22-18(16-7-4-12-26-16)24(23-17)15-5-2-1-3-6-15;/h1-7,12-14H,8-11,20H2,(H,21,25);1H. The van der Waals surface area contributed by atoms with E-state index in [4.69, 9.17) is 5.73 Å². The summed E-state index contributed by atoms with van der Waals surface area (Å²) in [4.78, 5) is 18.2. The molecular weight excluding hydrogens is 382 g/mol. The summed E-state index contributed by atoms with van der Waals surface area (Å²) in [6.45, 7) is 0. The highest BCUT2D eigenvalue weighted by molar-refractivity contribution is 7.13. The van der Waals surface area contributed by atoms with E-state index < -0.39 is 0 Å². The number of para-hydroxylation sites is 1. The molecule has 2 heterocycles. The fraction of sp³-hybridized carbons (Fsp3) is 0.316. The number of halogens is 1. The van der Waals surface area contributed by atoms with Gasteiger partial charge in [0, 0.05) is 12.1 Å². The fourth-order valence-corrected chi connectivity index (χ4v) is 3.93. The minimum Gasteiger partial charge on any atom is -0.347 e. The molecule has 27 heavy (non-hydrogen) atoms. The van der Waals surface area contributed by atoms with Crippen LogP contribution in [0.15, 0.2) is 47.8 Å². The van der Waals surface area contributed by atoms with Gasteiger partial charge in [-0.2, -0.15) is 0 Å². The number of hydrogen-bond acceptors (Lipinski definition) is 5. The summed E-state index contributed by atoms with van der Waals surface area (Å²) in [6.07, 6.45) is 3.70. The van der Waals surface area contributed by atoms with Gasteiger partial charge in [0.2, 0.25) is 5.82 Å². The molecule has 0 saturated heterocycles. The van der Waals surface area contributed by atoms with E-state index in [9.17, 15) is 4.79 Å². The van der Waals surface area contributed by atoms with E-state index in [1.54, 1.807) is 16.0 Å². The van der Waals surface area contributed by atoms with Crippen LogP contribution in [0.4, 0.5) is 0 Å². The highest BCUT2D eigenvalue weighted by Crippen LogP contribution is 2.25. The van der Waals surface area contributed by atoms with Crippen LogP contribution >= 0.6 is 23.7 Å². The third-order valence-corrected chi connectivity index (χ3v) is 5.53. The van der Waals surface area contributed by atoms with Crippen LogP contribution in [0.3, 0.4) is 0 Å². The number of nitrogens with zero attached hydrogens (tertiary/aromatic N) is 3. The van der Waals surface area contributed by atoms with E-state index in [1.807, 2.05) is 47.8 Å². The molecule has 0 unspecified atom stereocenters. The van der Waals surface area contributed by atoms with Crippen LogP contribution in [0.1, 0.15) is 36.3 Å². The fourth-order valence-electron chi connectivity index (χ4n) is 3.24. The molecule has 1 saturated carbocycles. The van der Waals surface area contributed by atoms with Crippen LogP contribution in [0.2, 0.25) is 0 Å². The second-order valence-electron chi connectivity index (χ2n) is 6.57. The molecule has 6 nitrogen and oxygen atoms in total. The number of aromatic nitrogens is 3. The summed E-state index contributed by atoms with van der Waals surface area (Å²) in [6, 6.07) is 14.1. The van der Waals surface area contributed by atoms with Crippen molar-refractivity contribution < 1.29 is 4.79 Å². The predicted octanol–water partition coefficient (Wildman–Crippen LogP) is 3.42. The number of nitrogens with one attached hydrogen (secondary N) is 1. The van der Waals surface area contributed by atoms with E-state index in [0.717, 1.165) is 36.2 Å². The Bertz CT molecular complexity index is 873. The first-order chi connectivity index (χ1) is 12.7. The molecular formula is C19H22ClN5OS. The summed E-state index contributed by atoms with van der Waals surface area (Å²) >= 11 is 1.58. The van der Waals surface area contributed by atoms with Crippen molar-refractivity contribution in [3.05, 3.63) is 53.7 Å². The number of hydrogen-bond donors (Lipinski definition) is 2. The zero-order valence-electron chi connectivity index (χ0n) is 14.7. The Morgan fingerprint density at radius 3 is 2.52 bits per heavy atom. The van der Waals surface area contributed by atoms with Gasteiger partial charge in [-0.15, -0.1) is 28.8 Å². The highest BCUT2D eigenvalue weighted by Gasteiger charge is 2.24. The molecule has 4 rings (SSSR count).